The van der Waals surface area contributed by atoms with Crippen molar-refractivity contribution in [1.82, 2.24) is 10.2 Å². The molecule has 1 heterocycles. The van der Waals surface area contributed by atoms with Crippen LogP contribution in [0, 0.1) is 0 Å². The third-order valence-corrected chi connectivity index (χ3v) is 4.23. The van der Waals surface area contributed by atoms with Crippen molar-refractivity contribution in [3.05, 3.63) is 0 Å². The number of hydrogen-bond acceptors (Lipinski definition) is 2. The second-order valence-electron chi connectivity index (χ2n) is 6.78. The quantitative estimate of drug-likeness (QED) is 0.741. The van der Waals surface area contributed by atoms with E-state index in [1.54, 1.807) is 0 Å². The van der Waals surface area contributed by atoms with Gasteiger partial charge in [-0.15, -0.1) is 0 Å². The fourth-order valence-electron chi connectivity index (χ4n) is 3.80. The molecule has 1 fully saturated rings. The van der Waals surface area contributed by atoms with E-state index in [1.807, 2.05) is 0 Å². The molecule has 0 bridgehead atoms. The van der Waals surface area contributed by atoms with Crippen LogP contribution in [0.15, 0.2) is 0 Å². The molecule has 0 amide bonds. The number of likely N-dealkylation sites (tertiary alicyclic amines) is 1. The molecule has 1 rings (SSSR count). The molecular formula is C15H32N2. The van der Waals surface area contributed by atoms with Crippen molar-refractivity contribution >= 4 is 0 Å². The van der Waals surface area contributed by atoms with E-state index in [0.29, 0.717) is 17.1 Å². The van der Waals surface area contributed by atoms with Gasteiger partial charge in [0.2, 0.25) is 0 Å². The van der Waals surface area contributed by atoms with Gasteiger partial charge >= 0.3 is 0 Å². The van der Waals surface area contributed by atoms with Crippen molar-refractivity contribution in [2.24, 2.45) is 0 Å². The molecule has 0 aliphatic carbocycles. The number of unbranched alkanes of at least 4 members (excludes halogenated alkanes) is 1. The first-order valence-corrected chi connectivity index (χ1v) is 7.34. The van der Waals surface area contributed by atoms with Crippen molar-refractivity contribution in [1.29, 1.82) is 0 Å². The van der Waals surface area contributed by atoms with Crippen LogP contribution in [-0.2, 0) is 0 Å². The molecule has 0 unspecified atom stereocenters. The van der Waals surface area contributed by atoms with Crippen LogP contribution in [0.1, 0.15) is 67.2 Å². The Morgan fingerprint density at radius 1 is 1.06 bits per heavy atom. The Morgan fingerprint density at radius 2 is 1.59 bits per heavy atom. The highest BCUT2D eigenvalue weighted by molar-refractivity contribution is 5.01. The summed E-state index contributed by atoms with van der Waals surface area (Å²) in [5.41, 5.74) is 0.640. The molecule has 1 saturated heterocycles. The first-order valence-electron chi connectivity index (χ1n) is 7.34. The van der Waals surface area contributed by atoms with E-state index in [4.69, 9.17) is 0 Å². The Kier molecular flexibility index (Phi) is 5.03. The molecule has 17 heavy (non-hydrogen) atoms. The van der Waals surface area contributed by atoms with Crippen LogP contribution in [0.2, 0.25) is 0 Å². The van der Waals surface area contributed by atoms with Gasteiger partial charge < -0.3 is 5.32 Å². The molecule has 1 N–H and O–H groups in total. The highest BCUT2D eigenvalue weighted by Crippen LogP contribution is 2.37. The van der Waals surface area contributed by atoms with E-state index in [9.17, 15) is 0 Å². The summed E-state index contributed by atoms with van der Waals surface area (Å²) in [7, 11) is 0. The van der Waals surface area contributed by atoms with Crippen LogP contribution in [0.3, 0.4) is 0 Å². The lowest BCUT2D eigenvalue weighted by Gasteiger charge is -2.55. The third-order valence-electron chi connectivity index (χ3n) is 4.23. The van der Waals surface area contributed by atoms with Crippen molar-refractivity contribution in [2.45, 2.75) is 84.3 Å². The third kappa shape index (κ3) is 3.69. The fraction of sp³-hybridized carbons (Fsp3) is 1.00. The second-order valence-corrected chi connectivity index (χ2v) is 6.78. The van der Waals surface area contributed by atoms with E-state index in [-0.39, 0.29) is 0 Å². The number of rotatable bonds is 5. The molecule has 2 nitrogen and oxygen atoms in total. The Labute approximate surface area is 108 Å². The Bertz CT molecular complexity index is 215. The SMILES string of the molecule is CCCCNC1CC(C)(C)N(CC)C(C)(C)C1. The summed E-state index contributed by atoms with van der Waals surface area (Å²) in [6, 6.07) is 0.689. The topological polar surface area (TPSA) is 15.3 Å². The second kappa shape index (κ2) is 5.71. The fourth-order valence-corrected chi connectivity index (χ4v) is 3.80. The molecule has 0 atom stereocenters. The van der Waals surface area contributed by atoms with Crippen LogP contribution in [0.4, 0.5) is 0 Å². The Balaban J connectivity index is 2.63. The van der Waals surface area contributed by atoms with Crippen LogP contribution >= 0.6 is 0 Å². The zero-order valence-electron chi connectivity index (χ0n) is 12.8. The molecule has 1 aliphatic rings. The molecule has 2 heteroatoms. The standard InChI is InChI=1S/C15H32N2/c1-7-9-10-16-13-11-14(3,4)17(8-2)15(5,6)12-13/h13,16H,7-12H2,1-6H3. The molecule has 0 radical (unpaired) electrons. The van der Waals surface area contributed by atoms with E-state index in [0.717, 1.165) is 6.54 Å². The van der Waals surface area contributed by atoms with Crippen LogP contribution in [0.5, 0.6) is 0 Å². The van der Waals surface area contributed by atoms with Gasteiger partial charge in [0, 0.05) is 17.1 Å². The summed E-state index contributed by atoms with van der Waals surface area (Å²) >= 11 is 0. The lowest BCUT2D eigenvalue weighted by Crippen LogP contribution is -2.63. The van der Waals surface area contributed by atoms with Gasteiger partial charge in [0.15, 0.2) is 0 Å². The molecule has 0 spiro atoms. The van der Waals surface area contributed by atoms with Crippen molar-refractivity contribution in [3.8, 4) is 0 Å². The van der Waals surface area contributed by atoms with Gasteiger partial charge in [0.05, 0.1) is 0 Å². The first kappa shape index (κ1) is 15.0. The molecule has 0 aromatic rings. The lowest BCUT2D eigenvalue weighted by atomic mass is 9.77. The Morgan fingerprint density at radius 3 is 2.00 bits per heavy atom. The first-order chi connectivity index (χ1) is 7.83. The zero-order valence-corrected chi connectivity index (χ0v) is 12.8. The maximum absolute atomic E-state index is 3.75. The lowest BCUT2D eigenvalue weighted by molar-refractivity contribution is -0.0361. The number of nitrogens with zero attached hydrogens (tertiary/aromatic N) is 1. The highest BCUT2D eigenvalue weighted by Gasteiger charge is 2.43. The highest BCUT2D eigenvalue weighted by atomic mass is 15.3. The van der Waals surface area contributed by atoms with E-state index in [2.05, 4.69) is 51.8 Å². The van der Waals surface area contributed by atoms with E-state index < -0.39 is 0 Å². The summed E-state index contributed by atoms with van der Waals surface area (Å²) in [6.45, 7) is 16.5. The van der Waals surface area contributed by atoms with E-state index >= 15 is 0 Å². The Hall–Kier alpha value is -0.0800. The predicted molar refractivity (Wildman–Crippen MR) is 76.5 cm³/mol. The monoisotopic (exact) mass is 240 g/mol. The summed E-state index contributed by atoms with van der Waals surface area (Å²) < 4.78 is 0. The van der Waals surface area contributed by atoms with Gasteiger partial charge in [0.1, 0.15) is 0 Å². The van der Waals surface area contributed by atoms with Crippen LogP contribution < -0.4 is 5.32 Å². The number of piperidine rings is 1. The van der Waals surface area contributed by atoms with Crippen molar-refractivity contribution in [3.63, 3.8) is 0 Å². The van der Waals surface area contributed by atoms with Gasteiger partial charge in [-0.25, -0.2) is 0 Å². The van der Waals surface area contributed by atoms with Gasteiger partial charge in [-0.2, -0.15) is 0 Å². The molecule has 1 aliphatic heterocycles. The maximum Gasteiger partial charge on any atom is 0.0173 e. The average molecular weight is 240 g/mol. The maximum atomic E-state index is 3.75. The minimum absolute atomic E-state index is 0.320. The van der Waals surface area contributed by atoms with E-state index in [1.165, 1.54) is 32.2 Å². The molecule has 0 saturated carbocycles. The van der Waals surface area contributed by atoms with Crippen molar-refractivity contribution in [2.75, 3.05) is 13.1 Å². The van der Waals surface area contributed by atoms with Gasteiger partial charge in [-0.05, 0) is 60.0 Å². The number of nitrogens with one attached hydrogen (secondary N) is 1. The zero-order chi connectivity index (χ0) is 13.1. The molecule has 0 aromatic heterocycles. The largest absolute Gasteiger partial charge is 0.314 e. The van der Waals surface area contributed by atoms with Gasteiger partial charge in [-0.3, -0.25) is 4.90 Å². The summed E-state index contributed by atoms with van der Waals surface area (Å²) in [6.07, 6.45) is 5.13. The van der Waals surface area contributed by atoms with Crippen molar-refractivity contribution < 1.29 is 0 Å². The summed E-state index contributed by atoms with van der Waals surface area (Å²) in [5, 5.41) is 3.75. The molecular weight excluding hydrogens is 208 g/mol. The predicted octanol–water partition coefficient (Wildman–Crippen LogP) is 3.42. The number of hydrogen-bond donors (Lipinski definition) is 1. The van der Waals surface area contributed by atoms with Crippen LogP contribution in [0.25, 0.3) is 0 Å². The smallest absolute Gasteiger partial charge is 0.0173 e. The van der Waals surface area contributed by atoms with Crippen LogP contribution in [-0.4, -0.2) is 35.1 Å². The molecule has 102 valence electrons. The average Bonchev–Trinajstić information content (AvgIpc) is 2.14. The normalized spacial score (nSPS) is 25.1. The molecule has 0 aromatic carbocycles. The van der Waals surface area contributed by atoms with Gasteiger partial charge in [0.25, 0.3) is 0 Å². The minimum Gasteiger partial charge on any atom is -0.314 e. The van der Waals surface area contributed by atoms with Gasteiger partial charge in [-0.1, -0.05) is 20.3 Å². The summed E-state index contributed by atoms with van der Waals surface area (Å²) in [5.74, 6) is 0. The minimum atomic E-state index is 0.320. The summed E-state index contributed by atoms with van der Waals surface area (Å²) in [4.78, 5) is 2.66.